The van der Waals surface area contributed by atoms with E-state index in [4.69, 9.17) is 27.9 Å². The van der Waals surface area contributed by atoms with Crippen LogP contribution in [0.2, 0.25) is 10.0 Å². The molecule has 30 heavy (non-hydrogen) atoms. The third kappa shape index (κ3) is 3.60. The first-order chi connectivity index (χ1) is 14.3. The minimum atomic E-state index is -0.404. The lowest BCUT2D eigenvalue weighted by Gasteiger charge is -2.38. The van der Waals surface area contributed by atoms with Gasteiger partial charge in [0.05, 0.1) is 11.1 Å². The summed E-state index contributed by atoms with van der Waals surface area (Å²) in [6.45, 7) is 1.49. The first-order valence-corrected chi connectivity index (χ1v) is 10.4. The van der Waals surface area contributed by atoms with Crippen molar-refractivity contribution in [3.05, 3.63) is 68.7 Å². The van der Waals surface area contributed by atoms with Gasteiger partial charge in [-0.1, -0.05) is 29.3 Å². The van der Waals surface area contributed by atoms with Gasteiger partial charge in [0.15, 0.2) is 0 Å². The summed E-state index contributed by atoms with van der Waals surface area (Å²) in [5, 5.41) is 4.09. The predicted octanol–water partition coefficient (Wildman–Crippen LogP) is 3.70. The highest BCUT2D eigenvalue weighted by atomic mass is 35.5. The molecule has 0 radical (unpaired) electrons. The number of ether oxygens (including phenoxy) is 1. The highest BCUT2D eigenvalue weighted by Crippen LogP contribution is 2.39. The van der Waals surface area contributed by atoms with Crippen molar-refractivity contribution in [3.8, 4) is 0 Å². The normalized spacial score (nSPS) is 17.8. The minimum Gasteiger partial charge on any atom is -0.381 e. The van der Waals surface area contributed by atoms with E-state index >= 15 is 0 Å². The Morgan fingerprint density at radius 2 is 1.77 bits per heavy atom. The Balaban J connectivity index is 1.57. The predicted molar refractivity (Wildman–Crippen MR) is 113 cm³/mol. The largest absolute Gasteiger partial charge is 0.381 e. The Morgan fingerprint density at radius 3 is 2.47 bits per heavy atom. The zero-order chi connectivity index (χ0) is 21.5. The standard InChI is InChI=1S/C22H20Cl2N2O4/c1-26-20(28)15-4-2-13(10-16(15)21(26)29)19(27)25-12-22(6-8-30-9-7-22)17-5-3-14(23)11-18(17)24/h2-5,10-11H,6-9,12H2,1H3,(H,25,27). The molecule has 0 aromatic heterocycles. The second-order valence-corrected chi connectivity index (χ2v) is 8.47. The minimum absolute atomic E-state index is 0.247. The maximum Gasteiger partial charge on any atom is 0.261 e. The monoisotopic (exact) mass is 446 g/mol. The van der Waals surface area contributed by atoms with E-state index < -0.39 is 5.91 Å². The van der Waals surface area contributed by atoms with E-state index in [2.05, 4.69) is 5.32 Å². The first kappa shape index (κ1) is 20.8. The Morgan fingerprint density at radius 1 is 1.07 bits per heavy atom. The van der Waals surface area contributed by atoms with Crippen molar-refractivity contribution in [2.45, 2.75) is 18.3 Å². The molecule has 1 saturated heterocycles. The molecule has 2 heterocycles. The number of imide groups is 1. The smallest absolute Gasteiger partial charge is 0.261 e. The molecule has 0 unspecified atom stereocenters. The van der Waals surface area contributed by atoms with Crippen LogP contribution in [0.3, 0.4) is 0 Å². The summed E-state index contributed by atoms with van der Waals surface area (Å²) in [6, 6.07) is 9.95. The van der Waals surface area contributed by atoms with E-state index in [0.29, 0.717) is 53.8 Å². The van der Waals surface area contributed by atoms with E-state index in [1.54, 1.807) is 18.2 Å². The summed E-state index contributed by atoms with van der Waals surface area (Å²) in [7, 11) is 1.43. The summed E-state index contributed by atoms with van der Waals surface area (Å²) < 4.78 is 5.53. The van der Waals surface area contributed by atoms with Crippen molar-refractivity contribution in [1.82, 2.24) is 10.2 Å². The van der Waals surface area contributed by atoms with Crippen LogP contribution >= 0.6 is 23.2 Å². The van der Waals surface area contributed by atoms with Crippen LogP contribution in [0, 0.1) is 0 Å². The molecule has 8 heteroatoms. The van der Waals surface area contributed by atoms with Crippen molar-refractivity contribution in [2.24, 2.45) is 0 Å². The highest BCUT2D eigenvalue weighted by molar-refractivity contribution is 6.35. The van der Waals surface area contributed by atoms with Crippen LogP contribution < -0.4 is 5.32 Å². The van der Waals surface area contributed by atoms with Crippen LogP contribution in [0.25, 0.3) is 0 Å². The van der Waals surface area contributed by atoms with E-state index in [1.165, 1.54) is 19.2 Å². The van der Waals surface area contributed by atoms with Gasteiger partial charge in [-0.05, 0) is 48.7 Å². The number of halogens is 2. The molecule has 2 aromatic rings. The van der Waals surface area contributed by atoms with Gasteiger partial charge in [0.2, 0.25) is 0 Å². The van der Waals surface area contributed by atoms with Gasteiger partial charge in [-0.2, -0.15) is 0 Å². The molecule has 0 bridgehead atoms. The molecule has 3 amide bonds. The van der Waals surface area contributed by atoms with Crippen molar-refractivity contribution < 1.29 is 19.1 Å². The molecule has 2 aliphatic heterocycles. The van der Waals surface area contributed by atoms with Gasteiger partial charge in [0.25, 0.3) is 17.7 Å². The van der Waals surface area contributed by atoms with Gasteiger partial charge in [0, 0.05) is 47.8 Å². The molecule has 0 saturated carbocycles. The fourth-order valence-electron chi connectivity index (χ4n) is 4.08. The number of nitrogens with one attached hydrogen (secondary N) is 1. The van der Waals surface area contributed by atoms with Gasteiger partial charge in [0.1, 0.15) is 0 Å². The lowest BCUT2D eigenvalue weighted by molar-refractivity contribution is 0.0487. The Kier molecular flexibility index (Phi) is 5.57. The average molecular weight is 447 g/mol. The first-order valence-electron chi connectivity index (χ1n) is 9.60. The van der Waals surface area contributed by atoms with E-state index in [0.717, 1.165) is 10.5 Å². The number of hydrogen-bond donors (Lipinski definition) is 1. The van der Waals surface area contributed by atoms with Crippen molar-refractivity contribution in [3.63, 3.8) is 0 Å². The summed E-state index contributed by atoms with van der Waals surface area (Å²) in [6.07, 6.45) is 1.41. The zero-order valence-electron chi connectivity index (χ0n) is 16.3. The summed E-state index contributed by atoms with van der Waals surface area (Å²) in [4.78, 5) is 38.2. The third-order valence-corrected chi connectivity index (χ3v) is 6.44. The second kappa shape index (κ2) is 8.02. The molecule has 0 atom stereocenters. The molecule has 2 aliphatic rings. The van der Waals surface area contributed by atoms with Crippen LogP contribution in [0.1, 0.15) is 49.5 Å². The number of carbonyl (C=O) groups is 3. The molecule has 0 aliphatic carbocycles. The van der Waals surface area contributed by atoms with Gasteiger partial charge in [-0.3, -0.25) is 19.3 Å². The van der Waals surface area contributed by atoms with Crippen molar-refractivity contribution in [1.29, 1.82) is 0 Å². The topological polar surface area (TPSA) is 75.7 Å². The van der Waals surface area contributed by atoms with Gasteiger partial charge >= 0.3 is 0 Å². The number of nitrogens with zero attached hydrogens (tertiary/aromatic N) is 1. The zero-order valence-corrected chi connectivity index (χ0v) is 17.8. The molecular formula is C22H20Cl2N2O4. The second-order valence-electron chi connectivity index (χ2n) is 7.63. The van der Waals surface area contributed by atoms with Crippen LogP contribution in [-0.2, 0) is 10.2 Å². The molecule has 6 nitrogen and oxygen atoms in total. The Hall–Kier alpha value is -2.41. The number of hydrogen-bond acceptors (Lipinski definition) is 4. The van der Waals surface area contributed by atoms with Crippen LogP contribution in [0.4, 0.5) is 0 Å². The van der Waals surface area contributed by atoms with Gasteiger partial charge < -0.3 is 10.1 Å². The summed E-state index contributed by atoms with van der Waals surface area (Å²) >= 11 is 12.5. The Labute approximate surface area is 184 Å². The summed E-state index contributed by atoms with van der Waals surface area (Å²) in [5.74, 6) is -1.08. The number of fused-ring (bicyclic) bond motifs is 1. The van der Waals surface area contributed by atoms with Crippen LogP contribution in [0.5, 0.6) is 0 Å². The Bertz CT molecular complexity index is 1050. The molecule has 1 fully saturated rings. The molecule has 1 N–H and O–H groups in total. The lowest BCUT2D eigenvalue weighted by Crippen LogP contribution is -2.44. The van der Waals surface area contributed by atoms with Crippen LogP contribution in [-0.4, -0.2) is 49.4 Å². The van der Waals surface area contributed by atoms with Crippen molar-refractivity contribution in [2.75, 3.05) is 26.8 Å². The van der Waals surface area contributed by atoms with E-state index in [1.807, 2.05) is 6.07 Å². The molecule has 0 spiro atoms. The van der Waals surface area contributed by atoms with Gasteiger partial charge in [-0.15, -0.1) is 0 Å². The maximum atomic E-state index is 12.9. The summed E-state index contributed by atoms with van der Waals surface area (Å²) in [5.41, 5.74) is 1.44. The van der Waals surface area contributed by atoms with Gasteiger partial charge in [-0.25, -0.2) is 0 Å². The van der Waals surface area contributed by atoms with Crippen LogP contribution in [0.15, 0.2) is 36.4 Å². The highest BCUT2D eigenvalue weighted by Gasteiger charge is 2.37. The molecule has 4 rings (SSSR count). The molecule has 2 aromatic carbocycles. The number of benzene rings is 2. The maximum absolute atomic E-state index is 12.9. The molecule has 156 valence electrons. The number of amides is 3. The fourth-order valence-corrected chi connectivity index (χ4v) is 4.69. The third-order valence-electron chi connectivity index (χ3n) is 5.89. The number of carbonyl (C=O) groups excluding carboxylic acids is 3. The molecular weight excluding hydrogens is 427 g/mol. The fraction of sp³-hybridized carbons (Fsp3) is 0.318. The SMILES string of the molecule is CN1C(=O)c2ccc(C(=O)NCC3(c4ccc(Cl)cc4Cl)CCOCC3)cc2C1=O. The quantitative estimate of drug-likeness (QED) is 0.726. The van der Waals surface area contributed by atoms with Crippen molar-refractivity contribution >= 4 is 40.9 Å². The lowest BCUT2D eigenvalue weighted by atomic mass is 9.74. The van der Waals surface area contributed by atoms with E-state index in [-0.39, 0.29) is 22.8 Å². The van der Waals surface area contributed by atoms with E-state index in [9.17, 15) is 14.4 Å². The number of rotatable bonds is 4. The average Bonchev–Trinajstić information content (AvgIpc) is 2.96.